The van der Waals surface area contributed by atoms with Crippen molar-refractivity contribution in [3.05, 3.63) is 57.8 Å². The van der Waals surface area contributed by atoms with Crippen molar-refractivity contribution in [1.82, 2.24) is 4.98 Å². The second kappa shape index (κ2) is 4.44. The van der Waals surface area contributed by atoms with E-state index in [0.717, 1.165) is 0 Å². The van der Waals surface area contributed by atoms with Crippen LogP contribution in [-0.4, -0.2) is 16.1 Å². The van der Waals surface area contributed by atoms with Crippen molar-refractivity contribution in [1.29, 1.82) is 0 Å². The highest BCUT2D eigenvalue weighted by molar-refractivity contribution is 5.90. The van der Waals surface area contributed by atoms with E-state index in [4.69, 9.17) is 5.11 Å². The maximum atomic E-state index is 12.8. The first-order valence-electron chi connectivity index (χ1n) is 5.22. The SMILES string of the molecule is Cc1[nH]cc(-c2ccc(F)cc2)c(=O)c1C(=O)O. The molecule has 0 bridgehead atoms. The van der Waals surface area contributed by atoms with Gasteiger partial charge in [-0.1, -0.05) is 12.1 Å². The van der Waals surface area contributed by atoms with Gasteiger partial charge in [0.15, 0.2) is 0 Å². The molecule has 5 heteroatoms. The number of aromatic carboxylic acids is 1. The van der Waals surface area contributed by atoms with E-state index >= 15 is 0 Å². The van der Waals surface area contributed by atoms with Crippen molar-refractivity contribution in [2.24, 2.45) is 0 Å². The molecule has 0 atom stereocenters. The van der Waals surface area contributed by atoms with Crippen molar-refractivity contribution in [2.45, 2.75) is 6.92 Å². The highest BCUT2D eigenvalue weighted by atomic mass is 19.1. The molecule has 0 spiro atoms. The van der Waals surface area contributed by atoms with Crippen molar-refractivity contribution in [3.63, 3.8) is 0 Å². The summed E-state index contributed by atoms with van der Waals surface area (Å²) in [4.78, 5) is 25.8. The molecule has 4 nitrogen and oxygen atoms in total. The number of aryl methyl sites for hydroxylation is 1. The lowest BCUT2D eigenvalue weighted by Crippen LogP contribution is -2.19. The van der Waals surface area contributed by atoms with Crippen LogP contribution in [0, 0.1) is 12.7 Å². The molecule has 0 amide bonds. The number of rotatable bonds is 2. The van der Waals surface area contributed by atoms with Gasteiger partial charge in [0, 0.05) is 17.5 Å². The molecule has 1 aromatic carbocycles. The van der Waals surface area contributed by atoms with E-state index in [2.05, 4.69) is 4.98 Å². The fourth-order valence-electron chi connectivity index (χ4n) is 1.72. The Morgan fingerprint density at radius 2 is 1.89 bits per heavy atom. The summed E-state index contributed by atoms with van der Waals surface area (Å²) in [6.45, 7) is 1.51. The van der Waals surface area contributed by atoms with Crippen LogP contribution in [0.3, 0.4) is 0 Å². The smallest absolute Gasteiger partial charge is 0.341 e. The minimum absolute atomic E-state index is 0.206. The first-order chi connectivity index (χ1) is 8.50. The Bertz CT molecular complexity index is 659. The predicted octanol–water partition coefficient (Wildman–Crippen LogP) is 2.19. The molecule has 0 unspecified atom stereocenters. The van der Waals surface area contributed by atoms with Gasteiger partial charge in [0.2, 0.25) is 5.43 Å². The van der Waals surface area contributed by atoms with Crippen LogP contribution in [0.25, 0.3) is 11.1 Å². The van der Waals surface area contributed by atoms with Crippen molar-refractivity contribution in [3.8, 4) is 11.1 Å². The monoisotopic (exact) mass is 247 g/mol. The van der Waals surface area contributed by atoms with Gasteiger partial charge in [0.1, 0.15) is 11.4 Å². The van der Waals surface area contributed by atoms with E-state index in [0.29, 0.717) is 11.3 Å². The van der Waals surface area contributed by atoms with Gasteiger partial charge in [-0.05, 0) is 24.6 Å². The van der Waals surface area contributed by atoms with E-state index in [9.17, 15) is 14.0 Å². The molecular weight excluding hydrogens is 237 g/mol. The van der Waals surface area contributed by atoms with Gasteiger partial charge in [-0.2, -0.15) is 0 Å². The number of aromatic nitrogens is 1. The van der Waals surface area contributed by atoms with Crippen LogP contribution in [0.5, 0.6) is 0 Å². The Morgan fingerprint density at radius 3 is 2.44 bits per heavy atom. The molecule has 18 heavy (non-hydrogen) atoms. The minimum atomic E-state index is -1.28. The number of carboxylic acids is 1. The molecule has 0 saturated heterocycles. The predicted molar refractivity (Wildman–Crippen MR) is 64.2 cm³/mol. The number of carboxylic acid groups (broad SMARTS) is 1. The van der Waals surface area contributed by atoms with E-state index in [-0.39, 0.29) is 11.1 Å². The summed E-state index contributed by atoms with van der Waals surface area (Å²) in [5.74, 6) is -1.70. The zero-order valence-corrected chi connectivity index (χ0v) is 9.53. The summed E-state index contributed by atoms with van der Waals surface area (Å²) in [7, 11) is 0. The third-order valence-corrected chi connectivity index (χ3v) is 2.65. The van der Waals surface area contributed by atoms with Gasteiger partial charge in [0.25, 0.3) is 0 Å². The molecule has 92 valence electrons. The number of pyridine rings is 1. The molecule has 0 aliphatic rings. The third-order valence-electron chi connectivity index (χ3n) is 2.65. The molecule has 2 aromatic rings. The number of hydrogen-bond donors (Lipinski definition) is 2. The third kappa shape index (κ3) is 2.02. The first kappa shape index (κ1) is 12.0. The van der Waals surface area contributed by atoms with Crippen LogP contribution in [0.4, 0.5) is 4.39 Å². The number of aromatic amines is 1. The number of halogens is 1. The fourth-order valence-corrected chi connectivity index (χ4v) is 1.72. The van der Waals surface area contributed by atoms with E-state index in [1.165, 1.54) is 37.4 Å². The number of hydrogen-bond acceptors (Lipinski definition) is 2. The highest BCUT2D eigenvalue weighted by Crippen LogP contribution is 2.16. The zero-order valence-electron chi connectivity index (χ0n) is 9.53. The standard InChI is InChI=1S/C13H10FNO3/c1-7-11(13(17)18)12(16)10(6-15-7)8-2-4-9(14)5-3-8/h2-6H,1H3,(H,15,16)(H,17,18). The lowest BCUT2D eigenvalue weighted by atomic mass is 10.0. The van der Waals surface area contributed by atoms with Crippen molar-refractivity contribution < 1.29 is 14.3 Å². The average molecular weight is 247 g/mol. The lowest BCUT2D eigenvalue weighted by Gasteiger charge is -2.05. The maximum Gasteiger partial charge on any atom is 0.341 e. The second-order valence-electron chi connectivity index (χ2n) is 3.84. The van der Waals surface area contributed by atoms with Gasteiger partial charge in [-0.15, -0.1) is 0 Å². The topological polar surface area (TPSA) is 70.2 Å². The molecule has 0 aliphatic carbocycles. The second-order valence-corrected chi connectivity index (χ2v) is 3.84. The van der Waals surface area contributed by atoms with Gasteiger partial charge in [-0.3, -0.25) is 4.79 Å². The molecule has 1 heterocycles. The molecule has 2 N–H and O–H groups in total. The van der Waals surface area contributed by atoms with Crippen LogP contribution in [-0.2, 0) is 0 Å². The molecule has 0 saturated carbocycles. The Balaban J connectivity index is 2.67. The van der Waals surface area contributed by atoms with Gasteiger partial charge in [-0.25, -0.2) is 9.18 Å². The highest BCUT2D eigenvalue weighted by Gasteiger charge is 2.16. The first-order valence-corrected chi connectivity index (χ1v) is 5.22. The molecule has 1 aromatic heterocycles. The largest absolute Gasteiger partial charge is 0.477 e. The van der Waals surface area contributed by atoms with Crippen LogP contribution < -0.4 is 5.43 Å². The zero-order chi connectivity index (χ0) is 13.3. The summed E-state index contributed by atoms with van der Waals surface area (Å²) in [5, 5.41) is 8.98. The fraction of sp³-hybridized carbons (Fsp3) is 0.0769. The van der Waals surface area contributed by atoms with Gasteiger partial charge in [0.05, 0.1) is 0 Å². The van der Waals surface area contributed by atoms with Crippen molar-refractivity contribution >= 4 is 5.97 Å². The molecule has 2 rings (SSSR count). The van der Waals surface area contributed by atoms with Crippen LogP contribution in [0.1, 0.15) is 16.1 Å². The van der Waals surface area contributed by atoms with Gasteiger partial charge >= 0.3 is 5.97 Å². The summed E-state index contributed by atoms with van der Waals surface area (Å²) in [6.07, 6.45) is 1.43. The Kier molecular flexibility index (Phi) is 2.97. The Morgan fingerprint density at radius 1 is 1.28 bits per heavy atom. The number of carbonyl (C=O) groups is 1. The summed E-state index contributed by atoms with van der Waals surface area (Å²) >= 11 is 0. The average Bonchev–Trinajstić information content (AvgIpc) is 2.30. The number of H-pyrrole nitrogens is 1. The Labute approximate surface area is 102 Å². The van der Waals surface area contributed by atoms with Crippen LogP contribution in [0.15, 0.2) is 35.3 Å². The summed E-state index contributed by atoms with van der Waals surface area (Å²) < 4.78 is 12.8. The minimum Gasteiger partial charge on any atom is -0.477 e. The summed E-state index contributed by atoms with van der Waals surface area (Å²) in [5.41, 5.74) is 0.0960. The van der Waals surface area contributed by atoms with Crippen molar-refractivity contribution in [2.75, 3.05) is 0 Å². The molecule has 0 fully saturated rings. The van der Waals surface area contributed by atoms with E-state index in [1.807, 2.05) is 0 Å². The molecular formula is C13H10FNO3. The van der Waals surface area contributed by atoms with Crippen LogP contribution in [0.2, 0.25) is 0 Å². The van der Waals surface area contributed by atoms with Crippen LogP contribution >= 0.6 is 0 Å². The Hall–Kier alpha value is -2.43. The number of nitrogens with one attached hydrogen (secondary N) is 1. The maximum absolute atomic E-state index is 12.8. The van der Waals surface area contributed by atoms with E-state index < -0.39 is 17.2 Å². The quantitative estimate of drug-likeness (QED) is 0.854. The van der Waals surface area contributed by atoms with Gasteiger partial charge < -0.3 is 10.1 Å². The van der Waals surface area contributed by atoms with E-state index in [1.54, 1.807) is 0 Å². The lowest BCUT2D eigenvalue weighted by molar-refractivity contribution is 0.0694. The normalized spacial score (nSPS) is 10.3. The summed E-state index contributed by atoms with van der Waals surface area (Å²) in [6, 6.07) is 5.30. The molecule has 0 aliphatic heterocycles. The number of benzene rings is 1. The molecule has 0 radical (unpaired) electrons.